The Kier molecular flexibility index (Phi) is 5.27. The first-order valence-electron chi connectivity index (χ1n) is 9.81. The van der Waals surface area contributed by atoms with Crippen LogP contribution < -0.4 is 0 Å². The van der Waals surface area contributed by atoms with Crippen LogP contribution in [0.5, 0.6) is 0 Å². The van der Waals surface area contributed by atoms with E-state index in [1.54, 1.807) is 28.0 Å². The van der Waals surface area contributed by atoms with Crippen molar-refractivity contribution in [3.05, 3.63) is 47.1 Å². The first-order valence-corrected chi connectivity index (χ1v) is 10.6. The molecule has 4 rings (SSSR count). The molecule has 1 aliphatic rings. The quantitative estimate of drug-likeness (QED) is 0.608. The summed E-state index contributed by atoms with van der Waals surface area (Å²) in [5.41, 5.74) is 1.51. The van der Waals surface area contributed by atoms with Gasteiger partial charge in [-0.2, -0.15) is 5.10 Å². The van der Waals surface area contributed by atoms with E-state index in [1.165, 1.54) is 0 Å². The number of nitrogens with zero attached hydrogens (tertiary/aromatic N) is 5. The molecule has 1 amide bonds. The number of hydrogen-bond acceptors (Lipinski definition) is 6. The molecule has 0 saturated carbocycles. The number of carbonyl (C=O) groups excluding carboxylic acids is 1. The van der Waals surface area contributed by atoms with Crippen molar-refractivity contribution < 1.29 is 14.6 Å². The molecule has 0 aromatic carbocycles. The number of piperidine rings is 1. The van der Waals surface area contributed by atoms with Gasteiger partial charge in [0.1, 0.15) is 11.2 Å². The number of fused-ring (bicyclic) bond motifs is 1. The molecular weight excluding hydrogens is 450 g/mol. The predicted octanol–water partition coefficient (Wildman–Crippen LogP) is 3.77. The maximum absolute atomic E-state index is 12.2. The van der Waals surface area contributed by atoms with Gasteiger partial charge in [-0.1, -0.05) is 6.07 Å². The van der Waals surface area contributed by atoms with Crippen molar-refractivity contribution in [2.45, 2.75) is 44.8 Å². The van der Waals surface area contributed by atoms with E-state index in [0.717, 1.165) is 21.2 Å². The minimum atomic E-state index is -1.06. The normalized spacial score (nSPS) is 16.6. The maximum Gasteiger partial charge on any atom is 0.410 e. The van der Waals surface area contributed by atoms with Crippen molar-refractivity contribution >= 4 is 27.7 Å². The molecule has 1 saturated heterocycles. The second-order valence-electron chi connectivity index (χ2n) is 8.53. The summed E-state index contributed by atoms with van der Waals surface area (Å²) >= 11 is 3.42. The molecule has 0 atom stereocenters. The Bertz CT molecular complexity index is 1070. The van der Waals surface area contributed by atoms with Gasteiger partial charge in [-0.05, 0) is 55.6 Å². The van der Waals surface area contributed by atoms with Crippen LogP contribution in [0.25, 0.3) is 16.8 Å². The molecule has 9 heteroatoms. The second kappa shape index (κ2) is 7.63. The Morgan fingerprint density at radius 2 is 1.83 bits per heavy atom. The van der Waals surface area contributed by atoms with Crippen molar-refractivity contribution in [2.24, 2.45) is 0 Å². The molecule has 1 N–H and O–H groups in total. The highest BCUT2D eigenvalue weighted by Crippen LogP contribution is 2.33. The van der Waals surface area contributed by atoms with Crippen LogP contribution in [0.1, 0.15) is 39.3 Å². The summed E-state index contributed by atoms with van der Waals surface area (Å²) in [6, 6.07) is 3.75. The summed E-state index contributed by atoms with van der Waals surface area (Å²) in [5, 5.41) is 15.4. The Morgan fingerprint density at radius 1 is 1.13 bits per heavy atom. The van der Waals surface area contributed by atoms with E-state index in [1.807, 2.05) is 39.1 Å². The van der Waals surface area contributed by atoms with Gasteiger partial charge in [0, 0.05) is 42.8 Å². The summed E-state index contributed by atoms with van der Waals surface area (Å²) in [6.45, 7) is 6.37. The lowest BCUT2D eigenvalue weighted by Gasteiger charge is -2.38. The van der Waals surface area contributed by atoms with Crippen LogP contribution in [0, 0.1) is 0 Å². The summed E-state index contributed by atoms with van der Waals surface area (Å²) in [5.74, 6) is 0. The third-order valence-electron chi connectivity index (χ3n) is 5.13. The molecule has 30 heavy (non-hydrogen) atoms. The van der Waals surface area contributed by atoms with E-state index in [0.29, 0.717) is 31.6 Å². The molecule has 0 radical (unpaired) electrons. The molecular formula is C21H24BrN5O3. The minimum Gasteiger partial charge on any atom is -0.444 e. The van der Waals surface area contributed by atoms with Crippen LogP contribution in [-0.2, 0) is 10.3 Å². The molecule has 0 unspecified atom stereocenters. The van der Waals surface area contributed by atoms with E-state index in [9.17, 15) is 9.90 Å². The smallest absolute Gasteiger partial charge is 0.410 e. The zero-order valence-electron chi connectivity index (χ0n) is 17.2. The average molecular weight is 474 g/mol. The largest absolute Gasteiger partial charge is 0.444 e. The van der Waals surface area contributed by atoms with E-state index >= 15 is 0 Å². The molecule has 158 valence electrons. The molecule has 3 aromatic heterocycles. The summed E-state index contributed by atoms with van der Waals surface area (Å²) < 4.78 is 7.96. The zero-order valence-corrected chi connectivity index (χ0v) is 18.8. The number of aromatic nitrogens is 4. The van der Waals surface area contributed by atoms with Crippen molar-refractivity contribution in [1.82, 2.24) is 24.5 Å². The van der Waals surface area contributed by atoms with Crippen LogP contribution >= 0.6 is 15.9 Å². The predicted molar refractivity (Wildman–Crippen MR) is 115 cm³/mol. The van der Waals surface area contributed by atoms with Gasteiger partial charge in [-0.15, -0.1) is 0 Å². The number of hydrogen-bond donors (Lipinski definition) is 1. The highest BCUT2D eigenvalue weighted by atomic mass is 79.9. The van der Waals surface area contributed by atoms with Gasteiger partial charge < -0.3 is 14.7 Å². The fourth-order valence-electron chi connectivity index (χ4n) is 3.48. The molecule has 0 aliphatic carbocycles. The van der Waals surface area contributed by atoms with Gasteiger partial charge in [0.15, 0.2) is 5.65 Å². The van der Waals surface area contributed by atoms with Crippen LogP contribution in [0.4, 0.5) is 4.79 Å². The van der Waals surface area contributed by atoms with Crippen molar-refractivity contribution in [2.75, 3.05) is 13.1 Å². The molecule has 8 nitrogen and oxygen atoms in total. The fourth-order valence-corrected chi connectivity index (χ4v) is 3.85. The highest BCUT2D eigenvalue weighted by molar-refractivity contribution is 9.10. The van der Waals surface area contributed by atoms with Crippen molar-refractivity contribution in [3.8, 4) is 11.1 Å². The van der Waals surface area contributed by atoms with Gasteiger partial charge in [0.05, 0.1) is 16.4 Å². The van der Waals surface area contributed by atoms with Crippen LogP contribution in [0.15, 0.2) is 41.4 Å². The molecule has 3 aromatic rings. The number of ether oxygens (including phenoxy) is 1. The highest BCUT2D eigenvalue weighted by Gasteiger charge is 2.37. The lowest BCUT2D eigenvalue weighted by Crippen LogP contribution is -2.47. The minimum absolute atomic E-state index is 0.346. The Hall–Kier alpha value is -2.52. The van der Waals surface area contributed by atoms with Gasteiger partial charge >= 0.3 is 6.09 Å². The van der Waals surface area contributed by atoms with Crippen LogP contribution in [0.3, 0.4) is 0 Å². The number of aliphatic hydroxyl groups is 1. The maximum atomic E-state index is 12.2. The van der Waals surface area contributed by atoms with Crippen molar-refractivity contribution in [1.29, 1.82) is 0 Å². The van der Waals surface area contributed by atoms with E-state index in [2.05, 4.69) is 31.0 Å². The van der Waals surface area contributed by atoms with Crippen LogP contribution in [-0.4, -0.2) is 54.4 Å². The summed E-state index contributed by atoms with van der Waals surface area (Å²) in [4.78, 5) is 22.8. The molecule has 0 spiro atoms. The third-order valence-corrected chi connectivity index (χ3v) is 5.69. The molecule has 0 bridgehead atoms. The number of likely N-dealkylation sites (tertiary alicyclic amines) is 1. The van der Waals surface area contributed by atoms with Gasteiger partial charge in [0.2, 0.25) is 0 Å². The first-order chi connectivity index (χ1) is 14.1. The van der Waals surface area contributed by atoms with Crippen molar-refractivity contribution in [3.63, 3.8) is 0 Å². The SMILES string of the molecule is CC(C)(C)OC(=O)N1CCC(O)(c2ccc(-c3cnc4c(Br)cnn4c3)cn2)CC1. The topological polar surface area (TPSA) is 92.8 Å². The van der Waals surface area contributed by atoms with E-state index < -0.39 is 11.2 Å². The number of pyridine rings is 1. The number of rotatable bonds is 2. The first kappa shape index (κ1) is 20.7. The second-order valence-corrected chi connectivity index (χ2v) is 9.39. The Morgan fingerprint density at radius 3 is 2.47 bits per heavy atom. The molecule has 1 aliphatic heterocycles. The average Bonchev–Trinajstić information content (AvgIpc) is 3.07. The fraction of sp³-hybridized carbons (Fsp3) is 0.429. The Labute approximate surface area is 183 Å². The van der Waals surface area contributed by atoms with E-state index in [4.69, 9.17) is 4.74 Å². The lowest BCUT2D eigenvalue weighted by molar-refractivity contribution is -0.0381. The zero-order chi connectivity index (χ0) is 21.5. The van der Waals surface area contributed by atoms with E-state index in [-0.39, 0.29) is 6.09 Å². The Balaban J connectivity index is 1.46. The lowest BCUT2D eigenvalue weighted by atomic mass is 9.87. The summed E-state index contributed by atoms with van der Waals surface area (Å²) in [7, 11) is 0. The van der Waals surface area contributed by atoms with Gasteiger partial charge in [-0.3, -0.25) is 4.98 Å². The number of halogens is 1. The standard InChI is InChI=1S/C21H24BrN5O3/c1-20(2,3)30-19(28)26-8-6-21(29,7-9-26)17-5-4-14(10-23-17)15-11-24-18-16(22)12-25-27(18)13-15/h4-5,10-13,29H,6-9H2,1-3H3. The monoisotopic (exact) mass is 473 g/mol. The summed E-state index contributed by atoms with van der Waals surface area (Å²) in [6.07, 6.45) is 7.56. The number of carbonyl (C=O) groups is 1. The molecule has 4 heterocycles. The van der Waals surface area contributed by atoms with Crippen LogP contribution in [0.2, 0.25) is 0 Å². The third kappa shape index (κ3) is 4.17. The van der Waals surface area contributed by atoms with Gasteiger partial charge in [0.25, 0.3) is 0 Å². The number of amides is 1. The van der Waals surface area contributed by atoms with Gasteiger partial charge in [-0.25, -0.2) is 14.3 Å². The molecule has 1 fully saturated rings.